The highest BCUT2D eigenvalue weighted by atomic mass is 35.5. The number of nitrogens with zero attached hydrogens (tertiary/aromatic N) is 1. The van der Waals surface area contributed by atoms with Crippen LogP contribution in [-0.2, 0) is 0 Å². The van der Waals surface area contributed by atoms with E-state index in [4.69, 9.17) is 0 Å². The fourth-order valence-electron chi connectivity index (χ4n) is 2.47. The summed E-state index contributed by atoms with van der Waals surface area (Å²) in [5, 5.41) is 12.6. The Balaban J connectivity index is 0.00000288. The molecule has 146 valence electrons. The highest BCUT2D eigenvalue weighted by molar-refractivity contribution is 5.85. The van der Waals surface area contributed by atoms with Gasteiger partial charge in [0.1, 0.15) is 17.5 Å². The first kappa shape index (κ1) is 23.9. The molecular weight excluding hydrogens is 401 g/mol. The maximum Gasteiger partial charge on any atom is 0.573 e. The van der Waals surface area contributed by atoms with E-state index in [1.54, 1.807) is 0 Å². The number of aromatic hydroxyl groups is 1. The van der Waals surface area contributed by atoms with Crippen LogP contribution < -0.4 is 10.1 Å². The Morgan fingerprint density at radius 2 is 1.60 bits per heavy atom. The molecule has 0 saturated carbocycles. The molecule has 2 rings (SSSR count). The largest absolute Gasteiger partial charge is 0.573 e. The highest BCUT2D eigenvalue weighted by Crippen LogP contribution is 2.43. The summed E-state index contributed by atoms with van der Waals surface area (Å²) in [6.45, 7) is 0.722. The van der Waals surface area contributed by atoms with Crippen LogP contribution in [0.1, 0.15) is 11.6 Å². The van der Waals surface area contributed by atoms with E-state index in [0.29, 0.717) is 19.2 Å². The van der Waals surface area contributed by atoms with Crippen LogP contribution >= 0.6 is 24.8 Å². The normalized spacial score (nSPS) is 17.2. The van der Waals surface area contributed by atoms with E-state index in [-0.39, 0.29) is 37.9 Å². The number of phenolic OH excluding ortho intramolecular Hbond substituents is 1. The molecule has 0 aromatic heterocycles. The van der Waals surface area contributed by atoms with Gasteiger partial charge in [0.2, 0.25) is 0 Å². The number of alkyl halides is 6. The molecule has 25 heavy (non-hydrogen) atoms. The van der Waals surface area contributed by atoms with Gasteiger partial charge in [-0.3, -0.25) is 4.90 Å². The summed E-state index contributed by atoms with van der Waals surface area (Å²) in [5.74, 6) is -1.55. The van der Waals surface area contributed by atoms with Crippen LogP contribution in [0.15, 0.2) is 18.2 Å². The van der Waals surface area contributed by atoms with Gasteiger partial charge in [-0.15, -0.1) is 38.0 Å². The van der Waals surface area contributed by atoms with Crippen LogP contribution in [0.4, 0.5) is 26.3 Å². The van der Waals surface area contributed by atoms with E-state index < -0.39 is 35.6 Å². The Bertz CT molecular complexity index is 550. The second-order valence-corrected chi connectivity index (χ2v) is 5.00. The fraction of sp³-hybridized carbons (Fsp3) is 0.538. The Morgan fingerprint density at radius 3 is 2.08 bits per heavy atom. The quantitative estimate of drug-likeness (QED) is 0.738. The molecule has 0 radical (unpaired) electrons. The molecule has 4 nitrogen and oxygen atoms in total. The van der Waals surface area contributed by atoms with E-state index in [9.17, 15) is 31.4 Å². The molecule has 2 N–H and O–H groups in total. The summed E-state index contributed by atoms with van der Waals surface area (Å²) >= 11 is 0. The maximum atomic E-state index is 13.4. The van der Waals surface area contributed by atoms with E-state index in [1.165, 1.54) is 0 Å². The van der Waals surface area contributed by atoms with Gasteiger partial charge in [0.25, 0.3) is 0 Å². The van der Waals surface area contributed by atoms with Crippen molar-refractivity contribution in [3.05, 3.63) is 23.8 Å². The zero-order chi connectivity index (χ0) is 17.3. The van der Waals surface area contributed by atoms with Crippen molar-refractivity contribution in [3.8, 4) is 11.5 Å². The van der Waals surface area contributed by atoms with Gasteiger partial charge in [-0.05, 0) is 18.2 Å². The standard InChI is InChI=1S/C13H14F6N2O2.2ClH/c14-12(15,16)11(21-5-3-20-4-6-21)9-7-8(1-2-10(9)22)23-13(17,18)19;;/h1-2,7,11,20,22H,3-6H2;2*1H/t11-;;/m1../s1. The number of benzene rings is 1. The molecule has 1 atom stereocenters. The molecule has 0 amide bonds. The van der Waals surface area contributed by atoms with Crippen LogP contribution in [0.3, 0.4) is 0 Å². The van der Waals surface area contributed by atoms with Crippen molar-refractivity contribution in [1.29, 1.82) is 0 Å². The molecule has 1 aromatic carbocycles. The van der Waals surface area contributed by atoms with Gasteiger partial charge < -0.3 is 15.2 Å². The Labute approximate surface area is 151 Å². The van der Waals surface area contributed by atoms with Crippen molar-refractivity contribution in [2.24, 2.45) is 0 Å². The minimum absolute atomic E-state index is 0. The first-order chi connectivity index (χ1) is 10.6. The first-order valence-electron chi connectivity index (χ1n) is 6.68. The van der Waals surface area contributed by atoms with Crippen molar-refractivity contribution in [2.75, 3.05) is 26.2 Å². The zero-order valence-corrected chi connectivity index (χ0v) is 14.2. The third kappa shape index (κ3) is 6.61. The lowest BCUT2D eigenvalue weighted by Crippen LogP contribution is -2.49. The molecule has 0 unspecified atom stereocenters. The lowest BCUT2D eigenvalue weighted by atomic mass is 10.0. The number of hydrogen-bond donors (Lipinski definition) is 2. The number of rotatable bonds is 3. The smallest absolute Gasteiger partial charge is 0.508 e. The molecule has 1 aromatic rings. The monoisotopic (exact) mass is 416 g/mol. The van der Waals surface area contributed by atoms with E-state index in [2.05, 4.69) is 10.1 Å². The molecule has 12 heteroatoms. The molecule has 0 spiro atoms. The molecule has 0 aliphatic carbocycles. The van der Waals surface area contributed by atoms with Crippen molar-refractivity contribution in [2.45, 2.75) is 18.6 Å². The second kappa shape index (κ2) is 9.02. The molecule has 1 aliphatic heterocycles. The molecule has 1 aliphatic rings. The van der Waals surface area contributed by atoms with Gasteiger partial charge >= 0.3 is 12.5 Å². The van der Waals surface area contributed by atoms with Gasteiger partial charge in [-0.2, -0.15) is 13.2 Å². The number of ether oxygens (including phenoxy) is 1. The van der Waals surface area contributed by atoms with Crippen LogP contribution in [-0.4, -0.2) is 48.7 Å². The summed E-state index contributed by atoms with van der Waals surface area (Å²) in [4.78, 5) is 1.06. The second-order valence-electron chi connectivity index (χ2n) is 5.00. The predicted molar refractivity (Wildman–Crippen MR) is 82.5 cm³/mol. The summed E-state index contributed by atoms with van der Waals surface area (Å²) in [6.07, 6.45) is -9.79. The van der Waals surface area contributed by atoms with Crippen molar-refractivity contribution < 1.29 is 36.2 Å². The maximum absolute atomic E-state index is 13.4. The predicted octanol–water partition coefficient (Wildman–Crippen LogP) is 3.64. The van der Waals surface area contributed by atoms with E-state index >= 15 is 0 Å². The third-order valence-corrected chi connectivity index (χ3v) is 3.35. The zero-order valence-electron chi connectivity index (χ0n) is 12.5. The third-order valence-electron chi connectivity index (χ3n) is 3.35. The Kier molecular flexibility index (Phi) is 8.62. The lowest BCUT2D eigenvalue weighted by Gasteiger charge is -2.36. The number of hydrogen-bond acceptors (Lipinski definition) is 4. The summed E-state index contributed by atoms with van der Waals surface area (Å²) in [7, 11) is 0. The van der Waals surface area contributed by atoms with E-state index in [1.807, 2.05) is 0 Å². The molecular formula is C13H16Cl2F6N2O2. The average molecular weight is 417 g/mol. The topological polar surface area (TPSA) is 44.7 Å². The lowest BCUT2D eigenvalue weighted by molar-refractivity contribution is -0.274. The molecule has 0 bridgehead atoms. The number of nitrogens with one attached hydrogen (secondary N) is 1. The minimum Gasteiger partial charge on any atom is -0.508 e. The fourth-order valence-corrected chi connectivity index (χ4v) is 2.47. The van der Waals surface area contributed by atoms with Crippen molar-refractivity contribution >= 4 is 24.8 Å². The Morgan fingerprint density at radius 1 is 1.04 bits per heavy atom. The van der Waals surface area contributed by atoms with Gasteiger partial charge in [0, 0.05) is 31.7 Å². The molecule has 1 saturated heterocycles. The number of piperazine rings is 1. The van der Waals surface area contributed by atoms with Gasteiger partial charge in [-0.1, -0.05) is 0 Å². The summed E-state index contributed by atoms with van der Waals surface area (Å²) in [5.41, 5.74) is -0.666. The van der Waals surface area contributed by atoms with Gasteiger partial charge in [0.15, 0.2) is 0 Å². The minimum atomic E-state index is -5.03. The van der Waals surface area contributed by atoms with Crippen LogP contribution in [0.25, 0.3) is 0 Å². The van der Waals surface area contributed by atoms with Crippen molar-refractivity contribution in [3.63, 3.8) is 0 Å². The average Bonchev–Trinajstić information content (AvgIpc) is 2.41. The van der Waals surface area contributed by atoms with Crippen molar-refractivity contribution in [1.82, 2.24) is 10.2 Å². The van der Waals surface area contributed by atoms with Crippen LogP contribution in [0.2, 0.25) is 0 Å². The van der Waals surface area contributed by atoms with E-state index in [0.717, 1.165) is 17.0 Å². The molecule has 1 fully saturated rings. The molecule has 1 heterocycles. The Hall–Kier alpha value is -1.10. The highest BCUT2D eigenvalue weighted by Gasteiger charge is 2.46. The number of phenols is 1. The summed E-state index contributed by atoms with van der Waals surface area (Å²) < 4.78 is 80.6. The SMILES string of the molecule is Cl.Cl.Oc1ccc(OC(F)(F)F)cc1[C@@H](N1CCNCC1)C(F)(F)F. The van der Waals surface area contributed by atoms with Crippen LogP contribution in [0, 0.1) is 0 Å². The van der Waals surface area contributed by atoms with Gasteiger partial charge in [-0.25, -0.2) is 0 Å². The number of halogens is 8. The first-order valence-corrected chi connectivity index (χ1v) is 6.68. The summed E-state index contributed by atoms with van der Waals surface area (Å²) in [6, 6.07) is -0.112. The van der Waals surface area contributed by atoms with Gasteiger partial charge in [0.05, 0.1) is 0 Å². The van der Waals surface area contributed by atoms with Crippen LogP contribution in [0.5, 0.6) is 11.5 Å².